The summed E-state index contributed by atoms with van der Waals surface area (Å²) in [7, 11) is 0. The normalized spacial score (nSPS) is 13.4. The summed E-state index contributed by atoms with van der Waals surface area (Å²) in [6.07, 6.45) is -0.580. The highest BCUT2D eigenvalue weighted by atomic mass is 16.4. The number of nitrogens with one attached hydrogen (secondary N) is 3. The molecule has 0 aromatic heterocycles. The van der Waals surface area contributed by atoms with Crippen molar-refractivity contribution in [2.75, 3.05) is 6.54 Å². The van der Waals surface area contributed by atoms with Crippen LogP contribution >= 0.6 is 0 Å². The molecule has 4 unspecified atom stereocenters. The average Bonchev–Trinajstić information content (AvgIpc) is 2.98. The molecule has 2 aromatic carbocycles. The Balaban J connectivity index is 2.31. The molecule has 0 spiro atoms. The molecule has 45 heavy (non-hydrogen) atoms. The summed E-state index contributed by atoms with van der Waals surface area (Å²) >= 11 is 0. The Morgan fingerprint density at radius 1 is 0.689 bits per heavy atom. The molecular weight excluding hydrogens is 590 g/mol. The topological polar surface area (TPSA) is 293 Å². The number of phenols is 2. The maximum Gasteiger partial charge on any atom is 0.326 e. The van der Waals surface area contributed by atoms with E-state index in [0.29, 0.717) is 11.1 Å². The van der Waals surface area contributed by atoms with Gasteiger partial charge in [0.1, 0.15) is 29.6 Å². The highest BCUT2D eigenvalue weighted by molar-refractivity contribution is 5.94. The number of carbonyl (C=O) groups excluding carboxylic acids is 3. The summed E-state index contributed by atoms with van der Waals surface area (Å²) < 4.78 is 0. The van der Waals surface area contributed by atoms with Crippen molar-refractivity contribution in [2.24, 2.45) is 22.2 Å². The maximum absolute atomic E-state index is 13.6. The van der Waals surface area contributed by atoms with Crippen molar-refractivity contribution >= 4 is 35.6 Å². The average molecular weight is 630 g/mol. The molecule has 3 amide bonds. The van der Waals surface area contributed by atoms with Crippen LogP contribution in [-0.4, -0.2) is 86.8 Å². The lowest BCUT2D eigenvalue weighted by molar-refractivity contribution is -0.142. The van der Waals surface area contributed by atoms with Crippen LogP contribution in [0.25, 0.3) is 0 Å². The fraction of sp³-hybridized carbons (Fsp3) is 0.379. The second-order valence-corrected chi connectivity index (χ2v) is 10.3. The standard InChI is InChI=1S/C29H39N7O9/c30-20(11-12-24(39)40)25(41)35-22(14-16-3-7-18(37)8-4-16)27(43)36-23(15-17-5-9-19(38)10-6-17)26(42)34-21(28(44)45)2-1-13-33-29(31)32/h3-10,20-23,37-38H,1-2,11-15,30H2,(H,34,42)(H,35,41)(H,36,43)(H,39,40)(H,44,45)(H4,31,32,33). The van der Waals surface area contributed by atoms with Crippen LogP contribution in [-0.2, 0) is 36.8 Å². The van der Waals surface area contributed by atoms with Crippen molar-refractivity contribution < 1.29 is 44.4 Å². The van der Waals surface area contributed by atoms with Crippen LogP contribution in [0.4, 0.5) is 0 Å². The first-order valence-corrected chi connectivity index (χ1v) is 14.0. The van der Waals surface area contributed by atoms with Gasteiger partial charge in [-0.3, -0.25) is 24.2 Å². The summed E-state index contributed by atoms with van der Waals surface area (Å²) in [6, 6.07) is 6.36. The van der Waals surface area contributed by atoms with Gasteiger partial charge in [-0.05, 0) is 54.7 Å². The smallest absolute Gasteiger partial charge is 0.326 e. The Kier molecular flexibility index (Phi) is 14.1. The number of aromatic hydroxyl groups is 2. The number of rotatable bonds is 18. The summed E-state index contributed by atoms with van der Waals surface area (Å²) in [6.45, 7) is 0.128. The third kappa shape index (κ3) is 13.2. The van der Waals surface area contributed by atoms with Gasteiger partial charge < -0.3 is 53.6 Å². The zero-order chi connectivity index (χ0) is 33.5. The lowest BCUT2D eigenvalue weighted by Gasteiger charge is -2.25. The molecule has 244 valence electrons. The Hall–Kier alpha value is -5.38. The third-order valence-corrected chi connectivity index (χ3v) is 6.58. The minimum absolute atomic E-state index is 0.0223. The number of hydrogen-bond acceptors (Lipinski definition) is 9. The molecule has 13 N–H and O–H groups in total. The van der Waals surface area contributed by atoms with E-state index < -0.39 is 53.8 Å². The van der Waals surface area contributed by atoms with Gasteiger partial charge >= 0.3 is 11.9 Å². The molecule has 0 aliphatic carbocycles. The number of nitrogens with two attached hydrogens (primary N) is 3. The molecule has 0 saturated carbocycles. The number of phenolic OH excluding ortho intramolecular Hbond substituents is 2. The van der Waals surface area contributed by atoms with E-state index in [-0.39, 0.29) is 62.5 Å². The molecule has 0 aliphatic heterocycles. The van der Waals surface area contributed by atoms with Crippen molar-refractivity contribution in [3.63, 3.8) is 0 Å². The molecular formula is C29H39N7O9. The van der Waals surface area contributed by atoms with E-state index >= 15 is 0 Å². The molecule has 0 fully saturated rings. The number of benzene rings is 2. The number of amides is 3. The second kappa shape index (κ2) is 17.7. The predicted octanol–water partition coefficient (Wildman–Crippen LogP) is -1.33. The van der Waals surface area contributed by atoms with Crippen molar-refractivity contribution in [1.29, 1.82) is 0 Å². The van der Waals surface area contributed by atoms with Crippen LogP contribution in [0.1, 0.15) is 36.8 Å². The monoisotopic (exact) mass is 629 g/mol. The third-order valence-electron chi connectivity index (χ3n) is 6.58. The van der Waals surface area contributed by atoms with Crippen LogP contribution in [0.3, 0.4) is 0 Å². The van der Waals surface area contributed by atoms with Gasteiger partial charge in [-0.15, -0.1) is 0 Å². The van der Waals surface area contributed by atoms with Crippen molar-refractivity contribution in [3.05, 3.63) is 59.7 Å². The lowest BCUT2D eigenvalue weighted by atomic mass is 10.0. The van der Waals surface area contributed by atoms with Crippen LogP contribution < -0.4 is 33.2 Å². The molecule has 2 aromatic rings. The number of guanidine groups is 1. The molecule has 0 radical (unpaired) electrons. The Morgan fingerprint density at radius 2 is 1.13 bits per heavy atom. The second-order valence-electron chi connectivity index (χ2n) is 10.3. The predicted molar refractivity (Wildman–Crippen MR) is 162 cm³/mol. The fourth-order valence-corrected chi connectivity index (χ4v) is 4.15. The first-order chi connectivity index (χ1) is 21.2. The molecule has 2 rings (SSSR count). The molecule has 4 atom stereocenters. The van der Waals surface area contributed by atoms with E-state index in [0.717, 1.165) is 0 Å². The molecule has 16 heteroatoms. The van der Waals surface area contributed by atoms with E-state index in [2.05, 4.69) is 20.9 Å². The van der Waals surface area contributed by atoms with Crippen LogP contribution in [0.2, 0.25) is 0 Å². The molecule has 0 heterocycles. The van der Waals surface area contributed by atoms with Crippen LogP contribution in [0, 0.1) is 0 Å². The lowest BCUT2D eigenvalue weighted by Crippen LogP contribution is -2.58. The summed E-state index contributed by atoms with van der Waals surface area (Å²) in [5, 5.41) is 45.4. The zero-order valence-electron chi connectivity index (χ0n) is 24.4. The minimum atomic E-state index is -1.34. The number of carbonyl (C=O) groups is 5. The molecule has 16 nitrogen and oxygen atoms in total. The first kappa shape index (κ1) is 35.8. The van der Waals surface area contributed by atoms with Crippen molar-refractivity contribution in [3.8, 4) is 11.5 Å². The van der Waals surface area contributed by atoms with E-state index in [9.17, 15) is 39.3 Å². The van der Waals surface area contributed by atoms with E-state index in [1.165, 1.54) is 48.5 Å². The number of nitrogens with zero attached hydrogens (tertiary/aromatic N) is 1. The maximum atomic E-state index is 13.6. The van der Waals surface area contributed by atoms with Gasteiger partial charge in [0.2, 0.25) is 17.7 Å². The number of carboxylic acids is 2. The summed E-state index contributed by atoms with van der Waals surface area (Å²) in [5.74, 6) is -5.17. The minimum Gasteiger partial charge on any atom is -0.508 e. The van der Waals surface area contributed by atoms with Crippen LogP contribution in [0.15, 0.2) is 53.5 Å². The number of aliphatic carboxylic acids is 2. The Labute approximate surface area is 258 Å². The number of hydrogen-bond donors (Lipinski definition) is 10. The summed E-state index contributed by atoms with van der Waals surface area (Å²) in [5.41, 5.74) is 17.5. The van der Waals surface area contributed by atoms with Gasteiger partial charge in [0.25, 0.3) is 0 Å². The molecule has 0 saturated heterocycles. The van der Waals surface area contributed by atoms with Gasteiger partial charge in [0.15, 0.2) is 5.96 Å². The largest absolute Gasteiger partial charge is 0.508 e. The SMILES string of the molecule is NC(N)=NCCCC(NC(=O)C(Cc1ccc(O)cc1)NC(=O)C(Cc1ccc(O)cc1)NC(=O)C(N)CCC(=O)O)C(=O)O. The molecule has 0 aliphatic rings. The first-order valence-electron chi connectivity index (χ1n) is 14.0. The quantitative estimate of drug-likeness (QED) is 0.0521. The van der Waals surface area contributed by atoms with Gasteiger partial charge in [-0.25, -0.2) is 4.79 Å². The highest BCUT2D eigenvalue weighted by Crippen LogP contribution is 2.14. The number of aliphatic imine (C=N–C) groups is 1. The van der Waals surface area contributed by atoms with E-state index in [1.807, 2.05) is 0 Å². The molecule has 0 bridgehead atoms. The Bertz CT molecular complexity index is 1350. The van der Waals surface area contributed by atoms with Gasteiger partial charge in [-0.2, -0.15) is 0 Å². The Morgan fingerprint density at radius 3 is 1.56 bits per heavy atom. The highest BCUT2D eigenvalue weighted by Gasteiger charge is 2.31. The van der Waals surface area contributed by atoms with E-state index in [1.54, 1.807) is 0 Å². The van der Waals surface area contributed by atoms with Crippen molar-refractivity contribution in [1.82, 2.24) is 16.0 Å². The van der Waals surface area contributed by atoms with Crippen LogP contribution in [0.5, 0.6) is 11.5 Å². The van der Waals surface area contributed by atoms with E-state index in [4.69, 9.17) is 22.3 Å². The van der Waals surface area contributed by atoms with Gasteiger partial charge in [-0.1, -0.05) is 24.3 Å². The van der Waals surface area contributed by atoms with Gasteiger partial charge in [0, 0.05) is 25.8 Å². The zero-order valence-corrected chi connectivity index (χ0v) is 24.4. The summed E-state index contributed by atoms with van der Waals surface area (Å²) in [4.78, 5) is 66.4. The van der Waals surface area contributed by atoms with Crippen molar-refractivity contribution in [2.45, 2.75) is 62.7 Å². The van der Waals surface area contributed by atoms with Gasteiger partial charge in [0.05, 0.1) is 6.04 Å². The fourth-order valence-electron chi connectivity index (χ4n) is 4.15. The number of carboxylic acid groups (broad SMARTS) is 2.